The Morgan fingerprint density at radius 1 is 0.542 bits per heavy atom. The first-order valence-corrected chi connectivity index (χ1v) is 17.0. The predicted octanol–water partition coefficient (Wildman–Crippen LogP) is 7.12. The average Bonchev–Trinajstić information content (AvgIpc) is 2.90. The van der Waals surface area contributed by atoms with Crippen molar-refractivity contribution < 1.29 is 29.4 Å². The first kappa shape index (κ1) is 40.5. The molecule has 0 unspecified atom stereocenters. The number of ketones is 2. The van der Waals surface area contributed by atoms with Crippen molar-refractivity contribution in [3.63, 3.8) is 0 Å². The van der Waals surface area contributed by atoms with Gasteiger partial charge in [0.25, 0.3) is 0 Å². The summed E-state index contributed by atoms with van der Waals surface area (Å²) in [5.41, 5.74) is 12.3. The number of Topliss-reactive ketones (excluding diaryl/α,β-unsaturated/α-hetero) is 2. The van der Waals surface area contributed by atoms with Crippen LogP contribution in [-0.2, 0) is 53.7 Å². The van der Waals surface area contributed by atoms with E-state index in [9.17, 15) is 29.4 Å². The summed E-state index contributed by atoms with van der Waals surface area (Å²) in [5.74, 6) is -2.38. The van der Waals surface area contributed by atoms with E-state index in [-0.39, 0.29) is 78.1 Å². The molecule has 0 bridgehead atoms. The maximum Gasteiger partial charge on any atom is 0.238 e. The van der Waals surface area contributed by atoms with E-state index in [0.29, 0.717) is 0 Å². The summed E-state index contributed by atoms with van der Waals surface area (Å²) in [6.07, 6.45) is -0.0702. The monoisotopic (exact) mass is 664 g/mol. The Bertz CT molecular complexity index is 1370. The molecule has 2 rings (SSSR count). The Kier molecular flexibility index (Phi) is 12.2. The summed E-state index contributed by atoms with van der Waals surface area (Å²) in [6.45, 7) is 24.0. The minimum atomic E-state index is -2.12. The zero-order valence-electron chi connectivity index (χ0n) is 31.4. The molecular weight excluding hydrogens is 604 g/mol. The van der Waals surface area contributed by atoms with E-state index in [2.05, 4.69) is 0 Å². The Morgan fingerprint density at radius 2 is 0.833 bits per heavy atom. The number of primary amides is 2. The van der Waals surface area contributed by atoms with Crippen molar-refractivity contribution in [1.82, 2.24) is 0 Å². The third-order valence-corrected chi connectivity index (χ3v) is 9.20. The van der Waals surface area contributed by atoms with Crippen LogP contribution in [0, 0.1) is 5.41 Å². The van der Waals surface area contributed by atoms with Crippen LogP contribution in [-0.4, -0.2) is 33.6 Å². The number of aryl methyl sites for hydroxylation is 2. The molecule has 8 nitrogen and oxygen atoms in total. The van der Waals surface area contributed by atoms with Gasteiger partial charge in [0.05, 0.1) is 0 Å². The first-order valence-electron chi connectivity index (χ1n) is 17.0. The number of hydrogen-bond donors (Lipinski definition) is 4. The summed E-state index contributed by atoms with van der Waals surface area (Å²) < 4.78 is 0. The van der Waals surface area contributed by atoms with Crippen molar-refractivity contribution in [2.45, 2.75) is 150 Å². The van der Waals surface area contributed by atoms with E-state index in [1.807, 2.05) is 107 Å². The van der Waals surface area contributed by atoms with Crippen LogP contribution in [0.4, 0.5) is 0 Å². The van der Waals surface area contributed by atoms with Crippen LogP contribution in [0.1, 0.15) is 149 Å². The number of carbonyl (C=O) groups is 4. The van der Waals surface area contributed by atoms with Gasteiger partial charge in [-0.05, 0) is 80.7 Å². The van der Waals surface area contributed by atoms with Crippen molar-refractivity contribution in [1.29, 1.82) is 0 Å². The molecule has 0 aromatic heterocycles. The lowest BCUT2D eigenvalue weighted by Gasteiger charge is -2.30. The van der Waals surface area contributed by atoms with Gasteiger partial charge in [0.2, 0.25) is 11.8 Å². The molecule has 0 spiro atoms. The van der Waals surface area contributed by atoms with Gasteiger partial charge in [0, 0.05) is 19.3 Å². The quantitative estimate of drug-likeness (QED) is 0.167. The maximum absolute atomic E-state index is 14.1. The van der Waals surface area contributed by atoms with Gasteiger partial charge >= 0.3 is 0 Å². The van der Waals surface area contributed by atoms with Crippen LogP contribution in [0.3, 0.4) is 0 Å². The lowest BCUT2D eigenvalue weighted by Crippen LogP contribution is -2.50. The van der Waals surface area contributed by atoms with E-state index in [1.165, 1.54) is 0 Å². The Hall–Kier alpha value is -3.68. The fourth-order valence-electron chi connectivity index (χ4n) is 6.27. The highest BCUT2D eigenvalue weighted by molar-refractivity contribution is 6.23. The SMILES string of the molecule is CC(C)(C)c1cc(CCC(=O)C(CCCC(N)=O)(C(N)=O)C(=O)CCc2cc(C(C)(C)C)c(O)c(C(C)(C)C)c2)cc(C(C)(C)C)c1O. The number of amides is 2. The van der Waals surface area contributed by atoms with Crippen molar-refractivity contribution in [2.24, 2.45) is 16.9 Å². The lowest BCUT2D eigenvalue weighted by molar-refractivity contribution is -0.149. The normalized spacial score (nSPS) is 13.0. The van der Waals surface area contributed by atoms with Gasteiger partial charge in [-0.3, -0.25) is 19.2 Å². The standard InChI is InChI=1S/C40H60N2O6/c1-36(2,3)26-20-24(21-27(33(26)46)37(4,5)6)15-17-30(43)40(35(42)48,19-13-14-32(41)45)31(44)18-16-25-22-28(38(7,8)9)34(47)29(23-25)39(10,11)12/h20-23,46-47H,13-19H2,1-12H3,(H2,41,45)(H2,42,48). The van der Waals surface area contributed by atoms with Crippen LogP contribution < -0.4 is 11.5 Å². The summed E-state index contributed by atoms with van der Waals surface area (Å²) in [5, 5.41) is 22.3. The summed E-state index contributed by atoms with van der Waals surface area (Å²) in [7, 11) is 0. The highest BCUT2D eigenvalue weighted by Gasteiger charge is 2.49. The van der Waals surface area contributed by atoms with Crippen LogP contribution in [0.15, 0.2) is 24.3 Å². The van der Waals surface area contributed by atoms with Crippen LogP contribution >= 0.6 is 0 Å². The maximum atomic E-state index is 14.1. The molecule has 0 radical (unpaired) electrons. The van der Waals surface area contributed by atoms with Gasteiger partial charge in [-0.2, -0.15) is 0 Å². The molecule has 0 heterocycles. The zero-order chi connectivity index (χ0) is 37.2. The van der Waals surface area contributed by atoms with Gasteiger partial charge < -0.3 is 21.7 Å². The first-order chi connectivity index (χ1) is 21.6. The molecule has 0 fully saturated rings. The minimum Gasteiger partial charge on any atom is -0.507 e. The Labute approximate surface area is 288 Å². The number of carbonyl (C=O) groups excluding carboxylic acids is 4. The third-order valence-electron chi connectivity index (χ3n) is 9.20. The number of benzene rings is 2. The fourth-order valence-corrected chi connectivity index (χ4v) is 6.27. The summed E-state index contributed by atoms with van der Waals surface area (Å²) in [4.78, 5) is 53.1. The fraction of sp³-hybridized carbons (Fsp3) is 0.600. The molecule has 0 aliphatic carbocycles. The highest BCUT2D eigenvalue weighted by Crippen LogP contribution is 2.42. The van der Waals surface area contributed by atoms with E-state index in [1.54, 1.807) is 0 Å². The smallest absolute Gasteiger partial charge is 0.238 e. The van der Waals surface area contributed by atoms with Crippen molar-refractivity contribution in [2.75, 3.05) is 0 Å². The molecule has 0 atom stereocenters. The third kappa shape index (κ3) is 9.48. The van der Waals surface area contributed by atoms with E-state index < -0.39 is 28.8 Å². The number of rotatable bonds is 13. The van der Waals surface area contributed by atoms with Gasteiger partial charge in [0.1, 0.15) is 11.5 Å². The molecule has 0 saturated heterocycles. The molecule has 2 amide bonds. The number of phenols is 2. The second-order valence-electron chi connectivity index (χ2n) is 17.5. The van der Waals surface area contributed by atoms with Crippen LogP contribution in [0.25, 0.3) is 0 Å². The zero-order valence-corrected chi connectivity index (χ0v) is 31.4. The molecule has 0 saturated carbocycles. The van der Waals surface area contributed by atoms with Crippen LogP contribution in [0.5, 0.6) is 11.5 Å². The molecule has 0 aliphatic rings. The Balaban J connectivity index is 2.56. The molecule has 2 aromatic rings. The van der Waals surface area contributed by atoms with Gasteiger partial charge in [0.15, 0.2) is 17.0 Å². The van der Waals surface area contributed by atoms with Gasteiger partial charge in [-0.1, -0.05) is 107 Å². The molecular formula is C40H60N2O6. The topological polar surface area (TPSA) is 161 Å². The van der Waals surface area contributed by atoms with Gasteiger partial charge in [-0.15, -0.1) is 0 Å². The predicted molar refractivity (Wildman–Crippen MR) is 192 cm³/mol. The summed E-state index contributed by atoms with van der Waals surface area (Å²) in [6, 6.07) is 7.51. The van der Waals surface area contributed by atoms with Crippen molar-refractivity contribution in [3.05, 3.63) is 57.6 Å². The van der Waals surface area contributed by atoms with Crippen molar-refractivity contribution >= 4 is 23.4 Å². The largest absolute Gasteiger partial charge is 0.507 e. The molecule has 2 aromatic carbocycles. The second-order valence-corrected chi connectivity index (χ2v) is 17.5. The Morgan fingerprint density at radius 3 is 1.06 bits per heavy atom. The van der Waals surface area contributed by atoms with E-state index in [0.717, 1.165) is 33.4 Å². The number of nitrogens with two attached hydrogens (primary N) is 2. The summed E-state index contributed by atoms with van der Waals surface area (Å²) >= 11 is 0. The lowest BCUT2D eigenvalue weighted by atomic mass is 9.71. The highest BCUT2D eigenvalue weighted by atomic mass is 16.3. The average molecular weight is 665 g/mol. The van der Waals surface area contributed by atoms with Gasteiger partial charge in [-0.25, -0.2) is 0 Å². The second kappa shape index (κ2) is 14.4. The molecule has 0 aliphatic heterocycles. The van der Waals surface area contributed by atoms with Crippen molar-refractivity contribution in [3.8, 4) is 11.5 Å². The molecule has 8 heteroatoms. The number of aromatic hydroxyl groups is 2. The molecule has 6 N–H and O–H groups in total. The number of phenolic OH excluding ortho intramolecular Hbond substituents is 2. The van der Waals surface area contributed by atoms with E-state index >= 15 is 0 Å². The minimum absolute atomic E-state index is 0.0544. The number of hydrogen-bond acceptors (Lipinski definition) is 6. The molecule has 266 valence electrons. The van der Waals surface area contributed by atoms with E-state index in [4.69, 9.17) is 11.5 Å². The van der Waals surface area contributed by atoms with Crippen LogP contribution in [0.2, 0.25) is 0 Å². The molecule has 48 heavy (non-hydrogen) atoms.